The summed E-state index contributed by atoms with van der Waals surface area (Å²) < 4.78 is 20.8. The van der Waals surface area contributed by atoms with Gasteiger partial charge in [0, 0.05) is 34.1 Å². The molecule has 1 aromatic heterocycles. The Morgan fingerprint density at radius 2 is 1.93 bits per heavy atom. The Bertz CT molecular complexity index is 1470. The Balaban J connectivity index is 0.00000181. The molecule has 1 fully saturated rings. The highest BCUT2D eigenvalue weighted by Gasteiger charge is 2.45. The largest absolute Gasteiger partial charge is 0.490 e. The van der Waals surface area contributed by atoms with E-state index in [1.807, 2.05) is 42.7 Å². The second-order valence-corrected chi connectivity index (χ2v) is 9.63. The Hall–Kier alpha value is -3.96. The van der Waals surface area contributed by atoms with E-state index in [2.05, 4.69) is 4.98 Å². The van der Waals surface area contributed by atoms with Gasteiger partial charge in [-0.25, -0.2) is 4.98 Å². The number of aryl methyl sites for hydroxylation is 1. The summed E-state index contributed by atoms with van der Waals surface area (Å²) in [6.45, 7) is 4.64. The zero-order valence-corrected chi connectivity index (χ0v) is 22.9. The van der Waals surface area contributed by atoms with Crippen molar-refractivity contribution < 1.29 is 28.9 Å². The van der Waals surface area contributed by atoms with Gasteiger partial charge < -0.3 is 23.6 Å². The van der Waals surface area contributed by atoms with E-state index in [-0.39, 0.29) is 19.0 Å². The van der Waals surface area contributed by atoms with Crippen LogP contribution in [0.4, 0.5) is 0 Å². The molecule has 0 saturated carbocycles. The van der Waals surface area contributed by atoms with Crippen molar-refractivity contribution in [1.82, 2.24) is 9.55 Å². The predicted octanol–water partition coefficient (Wildman–Crippen LogP) is 5.90. The van der Waals surface area contributed by atoms with Crippen molar-refractivity contribution in [3.8, 4) is 22.6 Å². The molecule has 2 atom stereocenters. The van der Waals surface area contributed by atoms with Crippen molar-refractivity contribution >= 4 is 30.0 Å². The summed E-state index contributed by atoms with van der Waals surface area (Å²) in [5.41, 5.74) is 2.79. The van der Waals surface area contributed by atoms with E-state index < -0.39 is 17.0 Å². The summed E-state index contributed by atoms with van der Waals surface area (Å²) in [4.78, 5) is 28.0. The Morgan fingerprint density at radius 1 is 1.12 bits per heavy atom. The number of nitrogens with zero attached hydrogens (tertiary/aromatic N) is 3. The average molecular weight is 586 g/mol. The molecular formula is C28H25Cl2N3O7. The van der Waals surface area contributed by atoms with Gasteiger partial charge >= 0.3 is 0 Å². The summed E-state index contributed by atoms with van der Waals surface area (Å²) in [7, 11) is 0. The fourth-order valence-corrected chi connectivity index (χ4v) is 4.94. The summed E-state index contributed by atoms with van der Waals surface area (Å²) in [6.07, 6.45) is 4.72. The van der Waals surface area contributed by atoms with Gasteiger partial charge in [0.05, 0.1) is 24.5 Å². The number of para-hydroxylation sites is 1. The fraction of sp³-hybridized carbons (Fsp3) is 0.214. The number of aromatic nitrogens is 2. The topological polar surface area (TPSA) is 115 Å². The van der Waals surface area contributed by atoms with Crippen LogP contribution in [0.15, 0.2) is 79.4 Å². The van der Waals surface area contributed by atoms with Crippen molar-refractivity contribution in [3.63, 3.8) is 0 Å². The molecule has 2 heterocycles. The van der Waals surface area contributed by atoms with Crippen molar-refractivity contribution in [3.05, 3.63) is 111 Å². The first-order valence-electron chi connectivity index (χ1n) is 12.0. The minimum Gasteiger partial charge on any atom is -0.490 e. The van der Waals surface area contributed by atoms with Gasteiger partial charge in [-0.1, -0.05) is 59.1 Å². The van der Waals surface area contributed by atoms with E-state index in [1.54, 1.807) is 55.0 Å². The van der Waals surface area contributed by atoms with Crippen LogP contribution in [-0.2, 0) is 26.6 Å². The number of hydrogen-bond acceptors (Lipinski definition) is 8. The van der Waals surface area contributed by atoms with Crippen LogP contribution in [0.25, 0.3) is 11.1 Å². The van der Waals surface area contributed by atoms with E-state index in [0.717, 1.165) is 5.56 Å². The molecule has 3 aromatic carbocycles. The molecule has 10 nitrogen and oxygen atoms in total. The van der Waals surface area contributed by atoms with Gasteiger partial charge in [-0.15, -0.1) is 10.1 Å². The number of carbonyl (C=O) groups is 1. The van der Waals surface area contributed by atoms with Gasteiger partial charge in [0.15, 0.2) is 0 Å². The zero-order valence-electron chi connectivity index (χ0n) is 21.4. The van der Waals surface area contributed by atoms with Gasteiger partial charge in [-0.05, 0) is 37.3 Å². The smallest absolute Gasteiger partial charge is 0.299 e. The highest BCUT2D eigenvalue weighted by molar-refractivity contribution is 6.35. The lowest BCUT2D eigenvalue weighted by Crippen LogP contribution is -2.34. The summed E-state index contributed by atoms with van der Waals surface area (Å²) in [6, 6.07) is 17.5. The third-order valence-corrected chi connectivity index (χ3v) is 6.61. The molecule has 0 radical (unpaired) electrons. The molecule has 40 heavy (non-hydrogen) atoms. The van der Waals surface area contributed by atoms with Gasteiger partial charge in [-0.2, -0.15) is 0 Å². The van der Waals surface area contributed by atoms with Crippen LogP contribution < -0.4 is 9.57 Å². The van der Waals surface area contributed by atoms with Crippen LogP contribution in [-0.4, -0.2) is 40.7 Å². The second kappa shape index (κ2) is 12.9. The third kappa shape index (κ3) is 6.60. The second-order valence-electron chi connectivity index (χ2n) is 8.78. The van der Waals surface area contributed by atoms with Crippen molar-refractivity contribution in [1.29, 1.82) is 0 Å². The third-order valence-electron chi connectivity index (χ3n) is 6.06. The Morgan fingerprint density at radius 3 is 2.65 bits per heavy atom. The van der Waals surface area contributed by atoms with Crippen LogP contribution in [0.2, 0.25) is 10.0 Å². The average Bonchev–Trinajstić information content (AvgIpc) is 3.60. The number of benzene rings is 3. The first kappa shape index (κ1) is 29.0. The molecular weight excluding hydrogens is 561 g/mol. The molecule has 1 saturated heterocycles. The molecule has 1 aliphatic rings. The number of hydrogen-bond donors (Lipinski definition) is 0. The predicted molar refractivity (Wildman–Crippen MR) is 148 cm³/mol. The summed E-state index contributed by atoms with van der Waals surface area (Å²) in [5, 5.41) is 11.1. The van der Waals surface area contributed by atoms with Crippen LogP contribution in [0.5, 0.6) is 11.5 Å². The van der Waals surface area contributed by atoms with Crippen LogP contribution in [0, 0.1) is 17.0 Å². The van der Waals surface area contributed by atoms with Crippen molar-refractivity contribution in [2.75, 3.05) is 13.2 Å². The molecule has 0 aliphatic carbocycles. The number of carbonyl (C=O) groups excluding carboxylic acids is 1. The Kier molecular flexibility index (Phi) is 9.38. The first-order chi connectivity index (χ1) is 19.3. The number of rotatable bonds is 9. The molecule has 0 spiro atoms. The van der Waals surface area contributed by atoms with Gasteiger partial charge in [-0.3, -0.25) is 4.84 Å². The SMILES string of the molecule is C=O.Cc1ccc(OCC2COC(Cn3ccnc3)(c3ccc(Cl)cc3Cl)O2)c(-c2ccccc2O[N+](=O)[O-])c1. The van der Waals surface area contributed by atoms with Gasteiger partial charge in [0.1, 0.15) is 31.0 Å². The number of halogens is 2. The van der Waals surface area contributed by atoms with Crippen LogP contribution in [0.3, 0.4) is 0 Å². The van der Waals surface area contributed by atoms with E-state index in [4.69, 9.17) is 47.0 Å². The lowest BCUT2D eigenvalue weighted by atomic mass is 10.0. The lowest BCUT2D eigenvalue weighted by Gasteiger charge is -2.30. The molecule has 2 unspecified atom stereocenters. The van der Waals surface area contributed by atoms with Crippen molar-refractivity contribution in [2.45, 2.75) is 25.4 Å². The number of imidazole rings is 1. The highest BCUT2D eigenvalue weighted by Crippen LogP contribution is 2.41. The molecule has 0 N–H and O–H groups in total. The van der Waals surface area contributed by atoms with Crippen LogP contribution >= 0.6 is 23.2 Å². The molecule has 5 rings (SSSR count). The maximum absolute atomic E-state index is 11.0. The maximum atomic E-state index is 11.0. The van der Waals surface area contributed by atoms with Gasteiger partial charge in [0.2, 0.25) is 5.79 Å². The van der Waals surface area contributed by atoms with E-state index >= 15 is 0 Å². The monoisotopic (exact) mass is 585 g/mol. The molecule has 0 bridgehead atoms. The summed E-state index contributed by atoms with van der Waals surface area (Å²) in [5.74, 6) is -0.543. The number of ether oxygens (including phenoxy) is 3. The lowest BCUT2D eigenvalue weighted by molar-refractivity contribution is -0.710. The minimum absolute atomic E-state index is 0.116. The zero-order chi connectivity index (χ0) is 28.7. The highest BCUT2D eigenvalue weighted by atomic mass is 35.5. The molecule has 1 aliphatic heterocycles. The maximum Gasteiger partial charge on any atom is 0.299 e. The molecule has 4 aromatic rings. The van der Waals surface area contributed by atoms with Crippen molar-refractivity contribution in [2.24, 2.45) is 0 Å². The van der Waals surface area contributed by atoms with Crippen LogP contribution in [0.1, 0.15) is 11.1 Å². The van der Waals surface area contributed by atoms with E-state index in [1.165, 1.54) is 0 Å². The molecule has 208 valence electrons. The summed E-state index contributed by atoms with van der Waals surface area (Å²) >= 11 is 12.7. The first-order valence-corrected chi connectivity index (χ1v) is 12.8. The molecule has 0 amide bonds. The fourth-order valence-electron chi connectivity index (χ4n) is 4.39. The Labute approximate surface area is 240 Å². The minimum atomic E-state index is -1.18. The standard InChI is InChI=1S/C27H23Cl2N3O6.CH2O/c1-18-6-9-25(22(12-18)21-4-2-3-5-26(21)38-32(33)34)35-14-20-15-36-27(37-20,16-31-11-10-30-17-31)23-8-7-19(28)13-24(23)29;1-2/h2-13,17,20H,14-16H2,1H3;1H2. The van der Waals surface area contributed by atoms with Gasteiger partial charge in [0.25, 0.3) is 5.09 Å². The molecule has 12 heteroatoms. The normalized spacial score (nSPS) is 18.0. The van der Waals surface area contributed by atoms with E-state index in [0.29, 0.717) is 39.0 Å². The quantitative estimate of drug-likeness (QED) is 0.176. The van der Waals surface area contributed by atoms with E-state index in [9.17, 15) is 10.1 Å².